The maximum atomic E-state index is 13.8. The largest absolute Gasteiger partial charge is 0.379 e. The molecule has 8 heteroatoms. The first-order chi connectivity index (χ1) is 12.9. The van der Waals surface area contributed by atoms with Crippen LogP contribution in [0.5, 0.6) is 0 Å². The van der Waals surface area contributed by atoms with Crippen LogP contribution in [0.1, 0.15) is 30.6 Å². The first kappa shape index (κ1) is 21.2. The second kappa shape index (κ2) is 10.3. The molecule has 0 aliphatic carbocycles. The Bertz CT molecular complexity index is 629. The van der Waals surface area contributed by atoms with E-state index in [0.717, 1.165) is 51.4 Å². The Morgan fingerprint density at radius 2 is 1.81 bits per heavy atom. The molecule has 1 fully saturated rings. The third-order valence-electron chi connectivity index (χ3n) is 4.48. The molecule has 0 bridgehead atoms. The Morgan fingerprint density at radius 3 is 2.41 bits per heavy atom. The molecule has 1 heterocycles. The van der Waals surface area contributed by atoms with Gasteiger partial charge in [-0.25, -0.2) is 8.78 Å². The number of ether oxygens (including phenoxy) is 1. The number of carbonyl (C=O) groups is 2. The van der Waals surface area contributed by atoms with Crippen LogP contribution in [-0.4, -0.2) is 62.1 Å². The van der Waals surface area contributed by atoms with Crippen LogP contribution in [0, 0.1) is 17.6 Å². The summed E-state index contributed by atoms with van der Waals surface area (Å²) in [5, 5.41) is 5.24. The second-order valence-electron chi connectivity index (χ2n) is 6.89. The maximum Gasteiger partial charge on any atom is 0.257 e. The Labute approximate surface area is 158 Å². The molecular weight excluding hydrogens is 356 g/mol. The molecule has 1 aliphatic rings. The lowest BCUT2D eigenvalue weighted by Crippen LogP contribution is -2.50. The number of rotatable bonds is 8. The Hall–Kier alpha value is -2.06. The zero-order chi connectivity index (χ0) is 19.8. The number of amides is 2. The highest BCUT2D eigenvalue weighted by Crippen LogP contribution is 2.13. The molecule has 27 heavy (non-hydrogen) atoms. The van der Waals surface area contributed by atoms with Crippen LogP contribution in [0.3, 0.4) is 0 Å². The van der Waals surface area contributed by atoms with Crippen molar-refractivity contribution in [1.82, 2.24) is 15.5 Å². The van der Waals surface area contributed by atoms with Crippen molar-refractivity contribution < 1.29 is 23.1 Å². The lowest BCUT2D eigenvalue weighted by molar-refractivity contribution is -0.123. The Morgan fingerprint density at radius 1 is 1.19 bits per heavy atom. The highest BCUT2D eigenvalue weighted by molar-refractivity contribution is 5.98. The van der Waals surface area contributed by atoms with Crippen molar-refractivity contribution in [1.29, 1.82) is 0 Å². The average Bonchev–Trinajstić information content (AvgIpc) is 2.63. The van der Waals surface area contributed by atoms with Crippen LogP contribution < -0.4 is 10.6 Å². The quantitative estimate of drug-likeness (QED) is 0.669. The summed E-state index contributed by atoms with van der Waals surface area (Å²) in [5.74, 6) is -3.45. The molecule has 2 amide bonds. The van der Waals surface area contributed by atoms with E-state index in [1.54, 1.807) is 13.8 Å². The predicted octanol–water partition coefficient (Wildman–Crippen LogP) is 1.56. The number of halogens is 2. The number of carbonyl (C=O) groups excluding carboxylic acids is 2. The topological polar surface area (TPSA) is 70.7 Å². The minimum absolute atomic E-state index is 0.233. The van der Waals surface area contributed by atoms with Gasteiger partial charge < -0.3 is 15.4 Å². The van der Waals surface area contributed by atoms with E-state index in [9.17, 15) is 18.4 Å². The van der Waals surface area contributed by atoms with Crippen molar-refractivity contribution in [3.63, 3.8) is 0 Å². The maximum absolute atomic E-state index is 13.8. The van der Waals surface area contributed by atoms with Crippen LogP contribution in [0.15, 0.2) is 18.2 Å². The van der Waals surface area contributed by atoms with E-state index in [-0.39, 0.29) is 11.8 Å². The van der Waals surface area contributed by atoms with E-state index in [0.29, 0.717) is 6.54 Å². The number of hydrogen-bond acceptors (Lipinski definition) is 4. The highest BCUT2D eigenvalue weighted by Gasteiger charge is 2.27. The molecule has 0 radical (unpaired) electrons. The molecule has 2 N–H and O–H groups in total. The fourth-order valence-corrected chi connectivity index (χ4v) is 2.91. The van der Waals surface area contributed by atoms with E-state index in [4.69, 9.17) is 4.74 Å². The van der Waals surface area contributed by atoms with E-state index < -0.39 is 29.1 Å². The first-order valence-electron chi connectivity index (χ1n) is 9.23. The summed E-state index contributed by atoms with van der Waals surface area (Å²) >= 11 is 0. The fourth-order valence-electron chi connectivity index (χ4n) is 2.91. The van der Waals surface area contributed by atoms with E-state index in [2.05, 4.69) is 15.5 Å². The van der Waals surface area contributed by atoms with E-state index >= 15 is 0 Å². The fraction of sp³-hybridized carbons (Fsp3) is 0.579. The van der Waals surface area contributed by atoms with Gasteiger partial charge in [0, 0.05) is 19.6 Å². The zero-order valence-electron chi connectivity index (χ0n) is 15.8. The molecule has 1 aromatic carbocycles. The Kier molecular flexibility index (Phi) is 8.12. The van der Waals surface area contributed by atoms with Gasteiger partial charge in [-0.1, -0.05) is 19.9 Å². The lowest BCUT2D eigenvalue weighted by atomic mass is 10.0. The smallest absolute Gasteiger partial charge is 0.257 e. The number of nitrogens with one attached hydrogen (secondary N) is 2. The average molecular weight is 383 g/mol. The molecular formula is C19H27F2N3O3. The third kappa shape index (κ3) is 6.25. The molecule has 0 aromatic heterocycles. The van der Waals surface area contributed by atoms with Crippen LogP contribution >= 0.6 is 0 Å². The van der Waals surface area contributed by atoms with Gasteiger partial charge in [-0.3, -0.25) is 14.5 Å². The van der Waals surface area contributed by atoms with Crippen LogP contribution in [-0.2, 0) is 9.53 Å². The van der Waals surface area contributed by atoms with Crippen molar-refractivity contribution in [2.75, 3.05) is 39.4 Å². The van der Waals surface area contributed by atoms with Crippen molar-refractivity contribution in [3.05, 3.63) is 35.4 Å². The van der Waals surface area contributed by atoms with Gasteiger partial charge in [-0.05, 0) is 31.0 Å². The molecule has 1 aliphatic heterocycles. The molecule has 1 atom stereocenters. The van der Waals surface area contributed by atoms with Crippen molar-refractivity contribution in [3.8, 4) is 0 Å². The summed E-state index contributed by atoms with van der Waals surface area (Å²) in [4.78, 5) is 26.9. The zero-order valence-corrected chi connectivity index (χ0v) is 15.8. The summed E-state index contributed by atoms with van der Waals surface area (Å²) in [5.41, 5.74) is -0.678. The molecule has 2 rings (SSSR count). The summed E-state index contributed by atoms with van der Waals surface area (Å²) in [6, 6.07) is 2.32. The minimum atomic E-state index is -0.957. The predicted molar refractivity (Wildman–Crippen MR) is 97.3 cm³/mol. The monoisotopic (exact) mass is 383 g/mol. The molecule has 0 saturated carbocycles. The number of morpholine rings is 1. The summed E-state index contributed by atoms with van der Waals surface area (Å²) in [6.07, 6.45) is 0.770. The van der Waals surface area contributed by atoms with Gasteiger partial charge in [0.1, 0.15) is 23.2 Å². The van der Waals surface area contributed by atoms with Gasteiger partial charge in [0.2, 0.25) is 5.91 Å². The van der Waals surface area contributed by atoms with Gasteiger partial charge in [-0.2, -0.15) is 0 Å². The van der Waals surface area contributed by atoms with Crippen molar-refractivity contribution >= 4 is 11.8 Å². The third-order valence-corrected chi connectivity index (χ3v) is 4.48. The van der Waals surface area contributed by atoms with Crippen molar-refractivity contribution in [2.24, 2.45) is 5.92 Å². The standard InChI is InChI=1S/C19H27F2N3O3/c1-13(2)17(23-18(25)16-14(20)5-3-6-15(16)21)19(26)22-7-4-8-24-9-11-27-12-10-24/h3,5-6,13,17H,4,7-12H2,1-2H3,(H,22,26)(H,23,25). The van der Waals surface area contributed by atoms with E-state index in [1.807, 2.05) is 0 Å². The van der Waals surface area contributed by atoms with Crippen LogP contribution in [0.2, 0.25) is 0 Å². The highest BCUT2D eigenvalue weighted by atomic mass is 19.1. The molecule has 1 aromatic rings. The molecule has 1 saturated heterocycles. The van der Waals surface area contributed by atoms with Crippen molar-refractivity contribution in [2.45, 2.75) is 26.3 Å². The SMILES string of the molecule is CC(C)C(NC(=O)c1c(F)cccc1F)C(=O)NCCCN1CCOCC1. The molecule has 0 spiro atoms. The van der Waals surface area contributed by atoms with Gasteiger partial charge in [-0.15, -0.1) is 0 Å². The molecule has 6 nitrogen and oxygen atoms in total. The molecule has 1 unspecified atom stereocenters. The second-order valence-corrected chi connectivity index (χ2v) is 6.89. The number of benzene rings is 1. The summed E-state index contributed by atoms with van der Waals surface area (Å²) < 4.78 is 32.8. The van der Waals surface area contributed by atoms with Gasteiger partial charge in [0.05, 0.1) is 13.2 Å². The minimum Gasteiger partial charge on any atom is -0.379 e. The van der Waals surface area contributed by atoms with Gasteiger partial charge >= 0.3 is 0 Å². The summed E-state index contributed by atoms with van der Waals surface area (Å²) in [6.45, 7) is 8.04. The normalized spacial score (nSPS) is 16.2. The summed E-state index contributed by atoms with van der Waals surface area (Å²) in [7, 11) is 0. The van der Waals surface area contributed by atoms with Gasteiger partial charge in [0.15, 0.2) is 0 Å². The number of hydrogen-bond donors (Lipinski definition) is 2. The molecule has 150 valence electrons. The van der Waals surface area contributed by atoms with Gasteiger partial charge in [0.25, 0.3) is 5.91 Å². The lowest BCUT2D eigenvalue weighted by Gasteiger charge is -2.26. The first-order valence-corrected chi connectivity index (χ1v) is 9.23. The Balaban J connectivity index is 1.86. The van der Waals surface area contributed by atoms with E-state index in [1.165, 1.54) is 6.07 Å². The van der Waals surface area contributed by atoms with Crippen LogP contribution in [0.4, 0.5) is 8.78 Å². The van der Waals surface area contributed by atoms with Crippen LogP contribution in [0.25, 0.3) is 0 Å². The number of nitrogens with zero attached hydrogens (tertiary/aromatic N) is 1.